The summed E-state index contributed by atoms with van der Waals surface area (Å²) in [5, 5.41) is 0. The molecule has 0 saturated heterocycles. The van der Waals surface area contributed by atoms with Gasteiger partial charge in [0.05, 0.1) is 0 Å². The van der Waals surface area contributed by atoms with Gasteiger partial charge in [-0.25, -0.2) is 0 Å². The summed E-state index contributed by atoms with van der Waals surface area (Å²) in [6.45, 7) is 2.51. The SMILES string of the molecule is CCc1c[nH]c(=O)cc1OCc1ccccc1. The van der Waals surface area contributed by atoms with Crippen molar-refractivity contribution < 1.29 is 4.74 Å². The number of hydrogen-bond acceptors (Lipinski definition) is 2. The predicted octanol–water partition coefficient (Wildman–Crippen LogP) is 2.52. The highest BCUT2D eigenvalue weighted by molar-refractivity contribution is 5.30. The van der Waals surface area contributed by atoms with Crippen LogP contribution in [0.25, 0.3) is 0 Å². The van der Waals surface area contributed by atoms with E-state index in [1.807, 2.05) is 37.3 Å². The minimum atomic E-state index is -0.134. The zero-order valence-corrected chi connectivity index (χ0v) is 9.77. The second kappa shape index (κ2) is 5.34. The third kappa shape index (κ3) is 2.97. The van der Waals surface area contributed by atoms with Crippen LogP contribution in [-0.2, 0) is 13.0 Å². The summed E-state index contributed by atoms with van der Waals surface area (Å²) in [5.74, 6) is 0.667. The lowest BCUT2D eigenvalue weighted by molar-refractivity contribution is 0.302. The van der Waals surface area contributed by atoms with Crippen molar-refractivity contribution in [2.75, 3.05) is 0 Å². The van der Waals surface area contributed by atoms with Gasteiger partial charge < -0.3 is 9.72 Å². The number of rotatable bonds is 4. The second-order valence-electron chi connectivity index (χ2n) is 3.81. The molecule has 88 valence electrons. The minimum Gasteiger partial charge on any atom is -0.488 e. The van der Waals surface area contributed by atoms with Crippen molar-refractivity contribution >= 4 is 0 Å². The molecule has 0 bridgehead atoms. The summed E-state index contributed by atoms with van der Waals surface area (Å²) in [6, 6.07) is 11.4. The van der Waals surface area contributed by atoms with E-state index in [0.29, 0.717) is 12.4 Å². The lowest BCUT2D eigenvalue weighted by Crippen LogP contribution is -2.07. The average Bonchev–Trinajstić information content (AvgIpc) is 2.38. The van der Waals surface area contributed by atoms with Gasteiger partial charge in [0.15, 0.2) is 0 Å². The largest absolute Gasteiger partial charge is 0.488 e. The number of aromatic nitrogens is 1. The summed E-state index contributed by atoms with van der Waals surface area (Å²) in [7, 11) is 0. The normalized spacial score (nSPS) is 10.2. The van der Waals surface area contributed by atoms with Crippen LogP contribution in [0.2, 0.25) is 0 Å². The molecule has 2 rings (SSSR count). The van der Waals surface area contributed by atoms with Crippen molar-refractivity contribution in [2.24, 2.45) is 0 Å². The molecule has 0 saturated carbocycles. The third-order valence-electron chi connectivity index (χ3n) is 2.59. The van der Waals surface area contributed by atoms with Gasteiger partial charge in [-0.05, 0) is 12.0 Å². The summed E-state index contributed by atoms with van der Waals surface area (Å²) < 4.78 is 5.67. The lowest BCUT2D eigenvalue weighted by Gasteiger charge is -2.09. The van der Waals surface area contributed by atoms with E-state index in [4.69, 9.17) is 4.74 Å². The molecule has 0 spiro atoms. The summed E-state index contributed by atoms with van der Waals surface area (Å²) in [5.41, 5.74) is 1.97. The Labute approximate surface area is 100 Å². The van der Waals surface area contributed by atoms with E-state index in [-0.39, 0.29) is 5.56 Å². The Morgan fingerprint density at radius 3 is 2.71 bits per heavy atom. The topological polar surface area (TPSA) is 42.1 Å². The van der Waals surface area contributed by atoms with E-state index in [0.717, 1.165) is 17.5 Å². The van der Waals surface area contributed by atoms with Crippen LogP contribution in [0.4, 0.5) is 0 Å². The number of nitrogens with one attached hydrogen (secondary N) is 1. The number of hydrogen-bond donors (Lipinski definition) is 1. The highest BCUT2D eigenvalue weighted by atomic mass is 16.5. The van der Waals surface area contributed by atoms with Crippen LogP contribution in [0.5, 0.6) is 5.75 Å². The summed E-state index contributed by atoms with van der Waals surface area (Å²) in [6.07, 6.45) is 2.55. The van der Waals surface area contributed by atoms with Gasteiger partial charge in [-0.3, -0.25) is 4.79 Å². The van der Waals surface area contributed by atoms with Crippen LogP contribution < -0.4 is 10.3 Å². The molecule has 0 atom stereocenters. The second-order valence-corrected chi connectivity index (χ2v) is 3.81. The Morgan fingerprint density at radius 2 is 2.00 bits per heavy atom. The highest BCUT2D eigenvalue weighted by Gasteiger charge is 2.03. The molecule has 3 heteroatoms. The molecule has 0 aliphatic rings. The van der Waals surface area contributed by atoms with Crippen LogP contribution in [0, 0.1) is 0 Å². The van der Waals surface area contributed by atoms with Gasteiger partial charge in [0.25, 0.3) is 5.56 Å². The van der Waals surface area contributed by atoms with Gasteiger partial charge in [-0.15, -0.1) is 0 Å². The monoisotopic (exact) mass is 229 g/mol. The molecule has 17 heavy (non-hydrogen) atoms. The van der Waals surface area contributed by atoms with Crippen molar-refractivity contribution in [3.05, 3.63) is 64.1 Å². The maximum absolute atomic E-state index is 11.2. The van der Waals surface area contributed by atoms with Gasteiger partial charge in [0.1, 0.15) is 12.4 Å². The van der Waals surface area contributed by atoms with Crippen LogP contribution in [0.3, 0.4) is 0 Å². The molecule has 1 aromatic heterocycles. The molecular formula is C14H15NO2. The molecule has 1 N–H and O–H groups in total. The van der Waals surface area contributed by atoms with E-state index in [2.05, 4.69) is 4.98 Å². The number of aryl methyl sites for hydroxylation is 1. The van der Waals surface area contributed by atoms with E-state index < -0.39 is 0 Å². The first-order valence-corrected chi connectivity index (χ1v) is 5.68. The Kier molecular flexibility index (Phi) is 3.60. The smallest absolute Gasteiger partial charge is 0.251 e. The molecule has 0 unspecified atom stereocenters. The Hall–Kier alpha value is -2.03. The summed E-state index contributed by atoms with van der Waals surface area (Å²) in [4.78, 5) is 13.9. The fourth-order valence-electron chi connectivity index (χ4n) is 1.63. The van der Waals surface area contributed by atoms with Crippen molar-refractivity contribution in [2.45, 2.75) is 20.0 Å². The molecule has 1 heterocycles. The summed E-state index contributed by atoms with van der Waals surface area (Å²) >= 11 is 0. The fraction of sp³-hybridized carbons (Fsp3) is 0.214. The first-order valence-electron chi connectivity index (χ1n) is 5.68. The Morgan fingerprint density at radius 1 is 1.24 bits per heavy atom. The molecule has 3 nitrogen and oxygen atoms in total. The number of H-pyrrole nitrogens is 1. The Bertz CT molecular complexity index is 531. The molecule has 0 aliphatic carbocycles. The van der Waals surface area contributed by atoms with Crippen LogP contribution in [0.15, 0.2) is 47.4 Å². The lowest BCUT2D eigenvalue weighted by atomic mass is 10.2. The third-order valence-corrected chi connectivity index (χ3v) is 2.59. The molecule has 0 amide bonds. The molecule has 0 aliphatic heterocycles. The van der Waals surface area contributed by atoms with Gasteiger partial charge in [-0.1, -0.05) is 37.3 Å². The predicted molar refractivity (Wildman–Crippen MR) is 67.2 cm³/mol. The van der Waals surface area contributed by atoms with Gasteiger partial charge in [0, 0.05) is 17.8 Å². The standard InChI is InChI=1S/C14H15NO2/c1-2-12-9-15-14(16)8-13(12)17-10-11-6-4-3-5-7-11/h3-9H,2,10H2,1H3,(H,15,16). The van der Waals surface area contributed by atoms with Crippen LogP contribution in [-0.4, -0.2) is 4.98 Å². The fourth-order valence-corrected chi connectivity index (χ4v) is 1.63. The molecular weight excluding hydrogens is 214 g/mol. The van der Waals surface area contributed by atoms with Gasteiger partial charge >= 0.3 is 0 Å². The van der Waals surface area contributed by atoms with E-state index in [9.17, 15) is 4.79 Å². The Balaban J connectivity index is 2.13. The minimum absolute atomic E-state index is 0.134. The zero-order chi connectivity index (χ0) is 12.1. The molecule has 2 aromatic rings. The number of benzene rings is 1. The van der Waals surface area contributed by atoms with Gasteiger partial charge in [-0.2, -0.15) is 0 Å². The van der Waals surface area contributed by atoms with E-state index in [1.165, 1.54) is 6.07 Å². The quantitative estimate of drug-likeness (QED) is 0.875. The van der Waals surface area contributed by atoms with Crippen LogP contribution >= 0.6 is 0 Å². The molecule has 1 aromatic carbocycles. The maximum atomic E-state index is 11.2. The van der Waals surface area contributed by atoms with Crippen molar-refractivity contribution in [3.8, 4) is 5.75 Å². The van der Waals surface area contributed by atoms with Gasteiger partial charge in [0.2, 0.25) is 0 Å². The molecule has 0 radical (unpaired) electrons. The van der Waals surface area contributed by atoms with E-state index >= 15 is 0 Å². The zero-order valence-electron chi connectivity index (χ0n) is 9.77. The number of pyridine rings is 1. The van der Waals surface area contributed by atoms with Crippen LogP contribution in [0.1, 0.15) is 18.1 Å². The van der Waals surface area contributed by atoms with Crippen molar-refractivity contribution in [3.63, 3.8) is 0 Å². The average molecular weight is 229 g/mol. The van der Waals surface area contributed by atoms with Crippen molar-refractivity contribution in [1.82, 2.24) is 4.98 Å². The first kappa shape index (κ1) is 11.5. The van der Waals surface area contributed by atoms with E-state index in [1.54, 1.807) is 6.20 Å². The number of aromatic amines is 1. The maximum Gasteiger partial charge on any atom is 0.251 e. The first-order chi connectivity index (χ1) is 8.29. The highest BCUT2D eigenvalue weighted by Crippen LogP contribution is 2.16. The molecule has 0 fully saturated rings. The van der Waals surface area contributed by atoms with Crippen molar-refractivity contribution in [1.29, 1.82) is 0 Å². The number of ether oxygens (including phenoxy) is 1.